The summed E-state index contributed by atoms with van der Waals surface area (Å²) < 4.78 is 20.6. The Hall–Kier alpha value is -5.45. The average Bonchev–Trinajstić information content (AvgIpc) is 3.66. The third kappa shape index (κ3) is 7.27. The highest BCUT2D eigenvalue weighted by Gasteiger charge is 2.61. The Morgan fingerprint density at radius 2 is 1.82 bits per heavy atom. The zero-order valence-corrected chi connectivity index (χ0v) is 27.6. The number of carbonyl (C=O) groups is 3. The first-order chi connectivity index (χ1) is 24.4. The van der Waals surface area contributed by atoms with Gasteiger partial charge in [0.25, 0.3) is 5.91 Å². The molecular formula is C39H40FN5O5. The molecule has 3 amide bonds. The number of allylic oxidation sites excluding steroid dienone is 1. The first kappa shape index (κ1) is 33.1. The van der Waals surface area contributed by atoms with E-state index < -0.39 is 41.4 Å². The number of hydroxylamine groups is 1. The fourth-order valence-corrected chi connectivity index (χ4v) is 6.97. The molecule has 0 radical (unpaired) electrons. The topological polar surface area (TPSA) is 122 Å². The van der Waals surface area contributed by atoms with Crippen LogP contribution < -0.4 is 25.7 Å². The number of nitrogens with zero attached hydrogens (tertiary/aromatic N) is 2. The number of ether oxygens (including phenoxy) is 1. The Bertz CT molecular complexity index is 1880. The maximum Gasteiger partial charge on any atom is 0.278 e. The third-order valence-electron chi connectivity index (χ3n) is 9.73. The molecule has 3 heterocycles. The number of hydrogen-bond acceptors (Lipinski definition) is 7. The molecule has 7 rings (SSSR count). The van der Waals surface area contributed by atoms with Gasteiger partial charge in [0.15, 0.2) is 5.75 Å². The highest BCUT2D eigenvalue weighted by atomic mass is 19.1. The zero-order chi connectivity index (χ0) is 34.5. The number of fused-ring (bicyclic) bond motifs is 3. The van der Waals surface area contributed by atoms with Gasteiger partial charge < -0.3 is 25.1 Å². The molecule has 258 valence electrons. The van der Waals surface area contributed by atoms with E-state index in [0.717, 1.165) is 36.5 Å². The van der Waals surface area contributed by atoms with Crippen LogP contribution in [0.4, 0.5) is 10.1 Å². The molecule has 1 aromatic heterocycles. The largest absolute Gasteiger partial charge is 0.472 e. The predicted octanol–water partition coefficient (Wildman–Crippen LogP) is 5.71. The van der Waals surface area contributed by atoms with Crippen LogP contribution >= 0.6 is 0 Å². The maximum atomic E-state index is 14.5. The van der Waals surface area contributed by atoms with Crippen molar-refractivity contribution in [3.8, 4) is 11.6 Å². The van der Waals surface area contributed by atoms with Gasteiger partial charge in [-0.05, 0) is 73.5 Å². The quantitative estimate of drug-likeness (QED) is 0.169. The summed E-state index contributed by atoms with van der Waals surface area (Å²) >= 11 is 0. The Kier molecular flexibility index (Phi) is 9.64. The lowest BCUT2D eigenvalue weighted by atomic mass is 10.0. The number of benzene rings is 3. The van der Waals surface area contributed by atoms with Gasteiger partial charge in [-0.2, -0.15) is 5.48 Å². The number of nitrogens with one attached hydrogen (secondary N) is 3. The molecule has 0 spiro atoms. The molecule has 3 aromatic carbocycles. The number of halogens is 1. The van der Waals surface area contributed by atoms with Crippen LogP contribution in [-0.2, 0) is 14.4 Å². The van der Waals surface area contributed by atoms with Gasteiger partial charge in [0.1, 0.15) is 29.5 Å². The summed E-state index contributed by atoms with van der Waals surface area (Å²) in [7, 11) is 0. The van der Waals surface area contributed by atoms with Gasteiger partial charge in [0.05, 0.1) is 6.54 Å². The zero-order valence-electron chi connectivity index (χ0n) is 27.6. The Morgan fingerprint density at radius 3 is 2.68 bits per heavy atom. The monoisotopic (exact) mass is 677 g/mol. The summed E-state index contributed by atoms with van der Waals surface area (Å²) in [4.78, 5) is 54.1. The van der Waals surface area contributed by atoms with Crippen molar-refractivity contribution in [2.45, 2.75) is 68.7 Å². The van der Waals surface area contributed by atoms with Crippen molar-refractivity contribution in [1.82, 2.24) is 20.7 Å². The molecule has 50 heavy (non-hydrogen) atoms. The van der Waals surface area contributed by atoms with Crippen LogP contribution in [-0.4, -0.2) is 57.9 Å². The van der Waals surface area contributed by atoms with Gasteiger partial charge in [0, 0.05) is 29.6 Å². The van der Waals surface area contributed by atoms with Gasteiger partial charge in [-0.1, -0.05) is 67.5 Å². The van der Waals surface area contributed by atoms with Crippen LogP contribution in [0.5, 0.6) is 11.6 Å². The number of para-hydroxylation sites is 1. The van der Waals surface area contributed by atoms with Crippen LogP contribution in [0.3, 0.4) is 0 Å². The fourth-order valence-electron chi connectivity index (χ4n) is 6.97. The lowest BCUT2D eigenvalue weighted by Gasteiger charge is -2.30. The normalized spacial score (nSPS) is 26.0. The third-order valence-corrected chi connectivity index (χ3v) is 9.73. The van der Waals surface area contributed by atoms with Crippen molar-refractivity contribution >= 4 is 34.2 Å². The van der Waals surface area contributed by atoms with Gasteiger partial charge in [-0.25, -0.2) is 9.37 Å². The summed E-state index contributed by atoms with van der Waals surface area (Å²) in [6, 6.07) is 22.9. The summed E-state index contributed by atoms with van der Waals surface area (Å²) in [6.45, 7) is 0.128. The van der Waals surface area contributed by atoms with Gasteiger partial charge in [-0.3, -0.25) is 14.4 Å². The summed E-state index contributed by atoms with van der Waals surface area (Å²) in [5.74, 6) is -1.00. The SMILES string of the molecule is O=C1N[C@]2(C(=O)NOc3ccccc3)C[C@H]2/C=C\CCCCC[C@H](Nc2cccc(F)c2)C(=O)N2C[C@H](Oc3nccc4ccccc34)C[C@@H]12. The highest BCUT2D eigenvalue weighted by molar-refractivity contribution is 5.98. The minimum atomic E-state index is -1.24. The molecule has 1 saturated carbocycles. The standard InChI is InChI=1S/C39H40FN5O5/c40-28-14-11-15-29(22-28)42-33-19-8-3-1-2-5-13-27-24-39(27,38(48)44-50-30-16-6-4-7-17-30)43-35(46)34-23-31(25-45(34)37(33)47)49-36-32-18-10-9-12-26(32)20-21-41-36/h4-7,9-18,20-22,27,31,33-34,42H,1-3,8,19,23-25H2,(H,43,46)(H,44,48)/b13-5-/t27-,31-,33+,34+,39-/m1/s1. The number of aromatic nitrogens is 1. The average molecular weight is 678 g/mol. The molecule has 0 unspecified atom stereocenters. The van der Waals surface area contributed by atoms with Crippen LogP contribution in [0.15, 0.2) is 103 Å². The minimum Gasteiger partial charge on any atom is -0.472 e. The fraction of sp³-hybridized carbons (Fsp3) is 0.333. The van der Waals surface area contributed by atoms with E-state index in [1.165, 1.54) is 12.1 Å². The van der Waals surface area contributed by atoms with E-state index in [-0.39, 0.29) is 24.8 Å². The van der Waals surface area contributed by atoms with Gasteiger partial charge in [0.2, 0.25) is 17.7 Å². The lowest BCUT2D eigenvalue weighted by Crippen LogP contribution is -2.57. The molecular weight excluding hydrogens is 637 g/mol. The van der Waals surface area contributed by atoms with E-state index >= 15 is 0 Å². The Labute approximate surface area is 290 Å². The number of anilines is 1. The Morgan fingerprint density at radius 1 is 0.980 bits per heavy atom. The number of amides is 3. The maximum absolute atomic E-state index is 14.5. The van der Waals surface area contributed by atoms with E-state index in [4.69, 9.17) is 9.57 Å². The molecule has 11 heteroatoms. The second-order valence-corrected chi connectivity index (χ2v) is 13.2. The van der Waals surface area contributed by atoms with Crippen molar-refractivity contribution in [3.05, 3.63) is 109 Å². The summed E-state index contributed by atoms with van der Waals surface area (Å²) in [6.07, 6.45) is 9.56. The molecule has 3 aliphatic rings. The van der Waals surface area contributed by atoms with Crippen molar-refractivity contribution in [2.24, 2.45) is 5.92 Å². The number of hydrogen-bond donors (Lipinski definition) is 3. The lowest BCUT2D eigenvalue weighted by molar-refractivity contribution is -0.141. The van der Waals surface area contributed by atoms with E-state index in [1.54, 1.807) is 47.5 Å². The van der Waals surface area contributed by atoms with Crippen molar-refractivity contribution in [1.29, 1.82) is 0 Å². The van der Waals surface area contributed by atoms with Crippen LogP contribution in [0, 0.1) is 11.7 Å². The Balaban J connectivity index is 1.18. The minimum absolute atomic E-state index is 0.128. The molecule has 1 saturated heterocycles. The van der Waals surface area contributed by atoms with Gasteiger partial charge in [-0.15, -0.1) is 0 Å². The predicted molar refractivity (Wildman–Crippen MR) is 187 cm³/mol. The van der Waals surface area contributed by atoms with E-state index in [1.807, 2.05) is 42.5 Å². The first-order valence-electron chi connectivity index (χ1n) is 17.2. The van der Waals surface area contributed by atoms with Gasteiger partial charge >= 0.3 is 0 Å². The van der Waals surface area contributed by atoms with Crippen molar-refractivity contribution < 1.29 is 28.3 Å². The number of rotatable bonds is 7. The number of pyridine rings is 1. The molecule has 0 bridgehead atoms. The van der Waals surface area contributed by atoms with Crippen LogP contribution in [0.2, 0.25) is 0 Å². The summed E-state index contributed by atoms with van der Waals surface area (Å²) in [5.41, 5.74) is 1.78. The molecule has 3 N–H and O–H groups in total. The molecule has 2 aliphatic heterocycles. The molecule has 4 aromatic rings. The molecule has 10 nitrogen and oxygen atoms in total. The van der Waals surface area contributed by atoms with Crippen molar-refractivity contribution in [3.63, 3.8) is 0 Å². The van der Waals surface area contributed by atoms with E-state index in [0.29, 0.717) is 30.2 Å². The van der Waals surface area contributed by atoms with E-state index in [2.05, 4.69) is 27.2 Å². The molecule has 2 fully saturated rings. The van der Waals surface area contributed by atoms with Crippen LogP contribution in [0.1, 0.15) is 44.9 Å². The molecule has 1 aliphatic carbocycles. The second kappa shape index (κ2) is 14.6. The second-order valence-electron chi connectivity index (χ2n) is 13.2. The molecule has 5 atom stereocenters. The van der Waals surface area contributed by atoms with E-state index in [9.17, 15) is 18.8 Å². The first-order valence-corrected chi connectivity index (χ1v) is 17.2. The summed E-state index contributed by atoms with van der Waals surface area (Å²) in [5, 5.41) is 8.06. The van der Waals surface area contributed by atoms with Crippen LogP contribution in [0.25, 0.3) is 10.8 Å². The highest BCUT2D eigenvalue weighted by Crippen LogP contribution is 2.45. The number of carbonyl (C=O) groups excluding carboxylic acids is 3. The van der Waals surface area contributed by atoms with Crippen molar-refractivity contribution in [2.75, 3.05) is 11.9 Å². The smallest absolute Gasteiger partial charge is 0.278 e.